The van der Waals surface area contributed by atoms with Gasteiger partial charge in [0.05, 0.1) is 0 Å². The first-order valence-corrected chi connectivity index (χ1v) is 6.52. The summed E-state index contributed by atoms with van der Waals surface area (Å²) >= 11 is 0. The molecule has 2 amide bonds. The summed E-state index contributed by atoms with van der Waals surface area (Å²) < 4.78 is 0. The van der Waals surface area contributed by atoms with Gasteiger partial charge in [-0.2, -0.15) is 0 Å². The zero-order valence-electron chi connectivity index (χ0n) is 11.7. The Morgan fingerprint density at radius 1 is 1.33 bits per heavy atom. The second-order valence-corrected chi connectivity index (χ2v) is 6.22. The molecule has 3 N–H and O–H groups in total. The molecule has 0 saturated heterocycles. The van der Waals surface area contributed by atoms with E-state index in [1.807, 2.05) is 6.92 Å². The molecule has 0 aromatic carbocycles. The number of carbonyl (C=O) groups excluding carboxylic acids is 1. The Hall–Kier alpha value is -1.26. The summed E-state index contributed by atoms with van der Waals surface area (Å²) in [5.74, 6) is -1.00. The van der Waals surface area contributed by atoms with E-state index in [2.05, 4.69) is 10.6 Å². The third-order valence-electron chi connectivity index (χ3n) is 3.75. The quantitative estimate of drug-likeness (QED) is 0.721. The van der Waals surface area contributed by atoms with Gasteiger partial charge in [0.1, 0.15) is 6.04 Å². The molecular formula is C13H24N2O3. The van der Waals surface area contributed by atoms with Crippen molar-refractivity contribution >= 4 is 12.0 Å². The van der Waals surface area contributed by atoms with Crippen molar-refractivity contribution in [2.45, 2.75) is 65.0 Å². The number of hydrogen-bond acceptors (Lipinski definition) is 2. The minimum Gasteiger partial charge on any atom is -0.480 e. The Balaban J connectivity index is 2.60. The molecule has 1 saturated carbocycles. The van der Waals surface area contributed by atoms with Gasteiger partial charge in [0, 0.05) is 5.54 Å². The molecule has 5 nitrogen and oxygen atoms in total. The van der Waals surface area contributed by atoms with E-state index in [1.165, 1.54) is 0 Å². The summed E-state index contributed by atoms with van der Waals surface area (Å²) in [6, 6.07) is -1.26. The van der Waals surface area contributed by atoms with Gasteiger partial charge in [0.15, 0.2) is 0 Å². The molecule has 0 aromatic rings. The molecule has 0 radical (unpaired) electrons. The lowest BCUT2D eigenvalue weighted by molar-refractivity contribution is -0.141. The van der Waals surface area contributed by atoms with Crippen LogP contribution in [0.4, 0.5) is 4.79 Å². The van der Waals surface area contributed by atoms with Gasteiger partial charge in [-0.05, 0) is 31.1 Å². The van der Waals surface area contributed by atoms with E-state index in [0.717, 1.165) is 25.7 Å². The van der Waals surface area contributed by atoms with E-state index in [-0.39, 0.29) is 11.6 Å². The molecule has 0 aromatic heterocycles. The number of rotatable bonds is 4. The average Bonchev–Trinajstić information content (AvgIpc) is 2.18. The SMILES string of the molecule is CCC1(NC(=O)N[C@@H](C(=O)O)C(C)(C)C)CCC1. The number of urea groups is 1. The van der Waals surface area contributed by atoms with Crippen LogP contribution in [0.3, 0.4) is 0 Å². The lowest BCUT2D eigenvalue weighted by atomic mass is 9.75. The topological polar surface area (TPSA) is 78.4 Å². The third-order valence-corrected chi connectivity index (χ3v) is 3.75. The van der Waals surface area contributed by atoms with Crippen LogP contribution in [-0.4, -0.2) is 28.7 Å². The fraction of sp³-hybridized carbons (Fsp3) is 0.846. The summed E-state index contributed by atoms with van der Waals surface area (Å²) in [5.41, 5.74) is -0.632. The summed E-state index contributed by atoms with van der Waals surface area (Å²) in [6.45, 7) is 7.43. The molecule has 1 fully saturated rings. The van der Waals surface area contributed by atoms with Crippen molar-refractivity contribution in [3.05, 3.63) is 0 Å². The molecule has 1 atom stereocenters. The van der Waals surface area contributed by atoms with Crippen LogP contribution < -0.4 is 10.6 Å². The van der Waals surface area contributed by atoms with Gasteiger partial charge >= 0.3 is 12.0 Å². The number of nitrogens with one attached hydrogen (secondary N) is 2. The van der Waals surface area contributed by atoms with Gasteiger partial charge in [-0.1, -0.05) is 27.7 Å². The van der Waals surface area contributed by atoms with Crippen LogP contribution in [0.25, 0.3) is 0 Å². The molecule has 0 heterocycles. The van der Waals surface area contributed by atoms with E-state index in [9.17, 15) is 9.59 Å². The number of hydrogen-bond donors (Lipinski definition) is 3. The van der Waals surface area contributed by atoms with E-state index in [0.29, 0.717) is 0 Å². The van der Waals surface area contributed by atoms with Crippen LogP contribution in [0.1, 0.15) is 53.4 Å². The van der Waals surface area contributed by atoms with Crippen LogP contribution in [0, 0.1) is 5.41 Å². The summed E-state index contributed by atoms with van der Waals surface area (Å²) in [7, 11) is 0. The fourth-order valence-electron chi connectivity index (χ4n) is 2.23. The Morgan fingerprint density at radius 2 is 1.89 bits per heavy atom. The fourth-order valence-corrected chi connectivity index (χ4v) is 2.23. The highest BCUT2D eigenvalue weighted by molar-refractivity contribution is 5.83. The van der Waals surface area contributed by atoms with Gasteiger partial charge in [0.25, 0.3) is 0 Å². The number of carboxylic acid groups (broad SMARTS) is 1. The summed E-state index contributed by atoms with van der Waals surface area (Å²) in [6.07, 6.45) is 3.96. The maximum Gasteiger partial charge on any atom is 0.326 e. The highest BCUT2D eigenvalue weighted by atomic mass is 16.4. The second kappa shape index (κ2) is 5.16. The molecule has 1 aliphatic rings. The summed E-state index contributed by atoms with van der Waals surface area (Å²) in [4.78, 5) is 23.0. The molecule has 0 aliphatic heterocycles. The number of aliphatic carboxylic acids is 1. The highest BCUT2D eigenvalue weighted by Crippen LogP contribution is 2.34. The van der Waals surface area contributed by atoms with E-state index >= 15 is 0 Å². The molecule has 0 unspecified atom stereocenters. The minimum atomic E-state index is -1.00. The van der Waals surface area contributed by atoms with Gasteiger partial charge < -0.3 is 15.7 Å². The molecule has 1 aliphatic carbocycles. The van der Waals surface area contributed by atoms with Gasteiger partial charge in [-0.3, -0.25) is 0 Å². The number of amides is 2. The molecule has 1 rings (SSSR count). The minimum absolute atomic E-state index is 0.120. The number of carboxylic acids is 1. The Labute approximate surface area is 108 Å². The lowest BCUT2D eigenvalue weighted by Crippen LogP contribution is -2.60. The van der Waals surface area contributed by atoms with Crippen LogP contribution in [0.5, 0.6) is 0 Å². The Bertz CT molecular complexity index is 324. The first kappa shape index (κ1) is 14.8. The van der Waals surface area contributed by atoms with Crippen molar-refractivity contribution in [2.75, 3.05) is 0 Å². The third kappa shape index (κ3) is 3.37. The van der Waals surface area contributed by atoms with Crippen molar-refractivity contribution in [3.63, 3.8) is 0 Å². The van der Waals surface area contributed by atoms with Gasteiger partial charge in [-0.15, -0.1) is 0 Å². The van der Waals surface area contributed by atoms with E-state index in [1.54, 1.807) is 20.8 Å². The molecular weight excluding hydrogens is 232 g/mol. The maximum atomic E-state index is 11.9. The van der Waals surface area contributed by atoms with Crippen molar-refractivity contribution in [1.82, 2.24) is 10.6 Å². The Morgan fingerprint density at radius 3 is 2.17 bits per heavy atom. The van der Waals surface area contributed by atoms with Gasteiger partial charge in [-0.25, -0.2) is 9.59 Å². The second-order valence-electron chi connectivity index (χ2n) is 6.22. The molecule has 5 heteroatoms. The van der Waals surface area contributed by atoms with Crippen LogP contribution in [0.15, 0.2) is 0 Å². The van der Waals surface area contributed by atoms with Crippen LogP contribution in [-0.2, 0) is 4.79 Å². The average molecular weight is 256 g/mol. The molecule has 18 heavy (non-hydrogen) atoms. The first-order chi connectivity index (χ1) is 8.20. The van der Waals surface area contributed by atoms with Crippen molar-refractivity contribution in [1.29, 1.82) is 0 Å². The monoisotopic (exact) mass is 256 g/mol. The predicted molar refractivity (Wildman–Crippen MR) is 69.4 cm³/mol. The largest absolute Gasteiger partial charge is 0.480 e. The normalized spacial score (nSPS) is 19.6. The van der Waals surface area contributed by atoms with Crippen molar-refractivity contribution < 1.29 is 14.7 Å². The van der Waals surface area contributed by atoms with Crippen molar-refractivity contribution in [2.24, 2.45) is 5.41 Å². The first-order valence-electron chi connectivity index (χ1n) is 6.52. The maximum absolute atomic E-state index is 11.9. The van der Waals surface area contributed by atoms with E-state index < -0.39 is 17.4 Å². The molecule has 0 bridgehead atoms. The van der Waals surface area contributed by atoms with Gasteiger partial charge in [0.2, 0.25) is 0 Å². The summed E-state index contributed by atoms with van der Waals surface area (Å²) in [5, 5.41) is 14.6. The van der Waals surface area contributed by atoms with E-state index in [4.69, 9.17) is 5.11 Å². The predicted octanol–water partition coefficient (Wildman–Crippen LogP) is 2.12. The lowest BCUT2D eigenvalue weighted by Gasteiger charge is -2.42. The zero-order chi connectivity index (χ0) is 14.0. The standard InChI is InChI=1S/C13H24N2O3/c1-5-13(7-6-8-13)15-11(18)14-9(10(16)17)12(2,3)4/h9H,5-8H2,1-4H3,(H,16,17)(H2,14,15,18)/t9-/m0/s1. The zero-order valence-corrected chi connectivity index (χ0v) is 11.7. The van der Waals surface area contributed by atoms with Crippen LogP contribution >= 0.6 is 0 Å². The number of carbonyl (C=O) groups is 2. The van der Waals surface area contributed by atoms with Crippen molar-refractivity contribution in [3.8, 4) is 0 Å². The molecule has 104 valence electrons. The Kier molecular flexibility index (Phi) is 4.24. The molecule has 0 spiro atoms. The highest BCUT2D eigenvalue weighted by Gasteiger charge is 2.38. The smallest absolute Gasteiger partial charge is 0.326 e. The van der Waals surface area contributed by atoms with Crippen LogP contribution in [0.2, 0.25) is 0 Å².